The van der Waals surface area contributed by atoms with Gasteiger partial charge in [0.15, 0.2) is 0 Å². The molecule has 0 saturated carbocycles. The van der Waals surface area contributed by atoms with Gasteiger partial charge in [-0.3, -0.25) is 9.59 Å². The van der Waals surface area contributed by atoms with Gasteiger partial charge in [-0.2, -0.15) is 0 Å². The summed E-state index contributed by atoms with van der Waals surface area (Å²) in [5.74, 6) is -1.40. The number of rotatable bonds is 6. The van der Waals surface area contributed by atoms with E-state index in [0.29, 0.717) is 12.0 Å². The Labute approximate surface area is 123 Å². The lowest BCUT2D eigenvalue weighted by atomic mass is 9.97. The van der Waals surface area contributed by atoms with Crippen LogP contribution in [0, 0.1) is 11.8 Å². The van der Waals surface area contributed by atoms with Crippen LogP contribution in [0.3, 0.4) is 0 Å². The zero-order valence-corrected chi connectivity index (χ0v) is 12.2. The van der Waals surface area contributed by atoms with Crippen LogP contribution in [0.1, 0.15) is 30.6 Å². The van der Waals surface area contributed by atoms with Crippen LogP contribution in [0.15, 0.2) is 30.5 Å². The third kappa shape index (κ3) is 3.84. The zero-order valence-electron chi connectivity index (χ0n) is 12.2. The molecule has 0 saturated heterocycles. The predicted molar refractivity (Wildman–Crippen MR) is 81.2 cm³/mol. The number of hydrogen-bond acceptors (Lipinski definition) is 2. The maximum atomic E-state index is 12.1. The van der Waals surface area contributed by atoms with Crippen molar-refractivity contribution in [3.05, 3.63) is 36.0 Å². The van der Waals surface area contributed by atoms with Gasteiger partial charge in [0.1, 0.15) is 0 Å². The van der Waals surface area contributed by atoms with E-state index in [1.807, 2.05) is 32.2 Å². The van der Waals surface area contributed by atoms with Crippen LogP contribution in [0.25, 0.3) is 10.9 Å². The molecule has 0 bridgehead atoms. The summed E-state index contributed by atoms with van der Waals surface area (Å²) in [6, 6.07) is 7.30. The average Bonchev–Trinajstić information content (AvgIpc) is 2.89. The van der Waals surface area contributed by atoms with Gasteiger partial charge in [0.25, 0.3) is 5.91 Å². The number of H-pyrrole nitrogens is 1. The molecule has 21 heavy (non-hydrogen) atoms. The average molecular weight is 288 g/mol. The molecule has 1 aromatic carbocycles. The molecule has 0 aliphatic heterocycles. The van der Waals surface area contributed by atoms with Crippen LogP contribution in [0.4, 0.5) is 0 Å². The first kappa shape index (κ1) is 15.1. The van der Waals surface area contributed by atoms with Gasteiger partial charge >= 0.3 is 5.97 Å². The second kappa shape index (κ2) is 6.43. The smallest absolute Gasteiger partial charge is 0.308 e. The van der Waals surface area contributed by atoms with E-state index in [1.165, 1.54) is 0 Å². The van der Waals surface area contributed by atoms with Crippen LogP contribution in [-0.2, 0) is 4.79 Å². The Bertz CT molecular complexity index is 646. The molecule has 0 aliphatic rings. The summed E-state index contributed by atoms with van der Waals surface area (Å²) in [5.41, 5.74) is 1.42. The zero-order chi connectivity index (χ0) is 15.4. The van der Waals surface area contributed by atoms with Crippen LogP contribution < -0.4 is 5.32 Å². The topological polar surface area (TPSA) is 82.2 Å². The highest BCUT2D eigenvalue weighted by Gasteiger charge is 2.20. The molecule has 1 atom stereocenters. The summed E-state index contributed by atoms with van der Waals surface area (Å²) in [7, 11) is 0. The fourth-order valence-electron chi connectivity index (χ4n) is 2.35. The number of amides is 1. The first-order chi connectivity index (χ1) is 9.97. The SMILES string of the molecule is CC(C)CC(CNC(=O)c1ccc2cc[nH]c2c1)C(=O)O. The number of carbonyl (C=O) groups is 2. The fourth-order valence-corrected chi connectivity index (χ4v) is 2.35. The van der Waals surface area contributed by atoms with Crippen LogP contribution in [-0.4, -0.2) is 28.5 Å². The van der Waals surface area contributed by atoms with E-state index >= 15 is 0 Å². The molecular weight excluding hydrogens is 268 g/mol. The highest BCUT2D eigenvalue weighted by atomic mass is 16.4. The Hall–Kier alpha value is -2.30. The number of aromatic amines is 1. The van der Waals surface area contributed by atoms with Gasteiger partial charge in [-0.1, -0.05) is 19.9 Å². The van der Waals surface area contributed by atoms with Gasteiger partial charge in [0.2, 0.25) is 0 Å². The van der Waals surface area contributed by atoms with Crippen molar-refractivity contribution in [2.45, 2.75) is 20.3 Å². The summed E-state index contributed by atoms with van der Waals surface area (Å²) >= 11 is 0. The molecule has 2 rings (SSSR count). The van der Waals surface area contributed by atoms with E-state index in [1.54, 1.807) is 12.1 Å². The van der Waals surface area contributed by atoms with E-state index in [4.69, 9.17) is 5.11 Å². The Morgan fingerprint density at radius 3 is 2.71 bits per heavy atom. The first-order valence-electron chi connectivity index (χ1n) is 7.05. The molecule has 0 fully saturated rings. The summed E-state index contributed by atoms with van der Waals surface area (Å²) in [4.78, 5) is 26.3. The normalized spacial score (nSPS) is 12.5. The van der Waals surface area contributed by atoms with Gasteiger partial charge < -0.3 is 15.4 Å². The molecule has 1 unspecified atom stereocenters. The summed E-state index contributed by atoms with van der Waals surface area (Å²) < 4.78 is 0. The van der Waals surface area contributed by atoms with Gasteiger partial charge in [0.05, 0.1) is 5.92 Å². The number of fused-ring (bicyclic) bond motifs is 1. The van der Waals surface area contributed by atoms with Crippen LogP contribution in [0.5, 0.6) is 0 Å². The van der Waals surface area contributed by atoms with Crippen molar-refractivity contribution in [2.75, 3.05) is 6.54 Å². The third-order valence-electron chi connectivity index (χ3n) is 3.43. The molecule has 1 amide bonds. The van der Waals surface area contributed by atoms with Crippen molar-refractivity contribution in [2.24, 2.45) is 11.8 Å². The maximum Gasteiger partial charge on any atom is 0.308 e. The van der Waals surface area contributed by atoms with Crippen molar-refractivity contribution >= 4 is 22.8 Å². The largest absolute Gasteiger partial charge is 0.481 e. The Balaban J connectivity index is 2.01. The predicted octanol–water partition coefficient (Wildman–Crippen LogP) is 2.64. The number of carboxylic acid groups (broad SMARTS) is 1. The molecule has 0 spiro atoms. The van der Waals surface area contributed by atoms with Crippen molar-refractivity contribution < 1.29 is 14.7 Å². The van der Waals surface area contributed by atoms with Crippen molar-refractivity contribution in [1.29, 1.82) is 0 Å². The lowest BCUT2D eigenvalue weighted by Crippen LogP contribution is -2.33. The minimum absolute atomic E-state index is 0.148. The molecule has 2 aromatic rings. The Kier molecular flexibility index (Phi) is 4.62. The Morgan fingerprint density at radius 2 is 2.05 bits per heavy atom. The Morgan fingerprint density at radius 1 is 1.29 bits per heavy atom. The highest BCUT2D eigenvalue weighted by Crippen LogP contribution is 2.15. The highest BCUT2D eigenvalue weighted by molar-refractivity contribution is 5.98. The summed E-state index contributed by atoms with van der Waals surface area (Å²) in [6.45, 7) is 4.09. The van der Waals surface area contributed by atoms with Gasteiger partial charge in [-0.05, 0) is 35.9 Å². The molecule has 5 heteroatoms. The molecule has 5 nitrogen and oxygen atoms in total. The van der Waals surface area contributed by atoms with Gasteiger partial charge in [0, 0.05) is 23.8 Å². The maximum absolute atomic E-state index is 12.1. The molecule has 112 valence electrons. The quantitative estimate of drug-likeness (QED) is 0.764. The molecule has 1 aromatic heterocycles. The molecule has 0 radical (unpaired) electrons. The van der Waals surface area contributed by atoms with Crippen LogP contribution >= 0.6 is 0 Å². The van der Waals surface area contributed by atoms with Crippen molar-refractivity contribution in [1.82, 2.24) is 10.3 Å². The van der Waals surface area contributed by atoms with Crippen LogP contribution in [0.2, 0.25) is 0 Å². The summed E-state index contributed by atoms with van der Waals surface area (Å²) in [6.07, 6.45) is 2.36. The molecular formula is C16H20N2O3. The molecule has 3 N–H and O–H groups in total. The number of aliphatic carboxylic acids is 1. The fraction of sp³-hybridized carbons (Fsp3) is 0.375. The molecule has 1 heterocycles. The van der Waals surface area contributed by atoms with Gasteiger partial charge in [-0.15, -0.1) is 0 Å². The third-order valence-corrected chi connectivity index (χ3v) is 3.43. The number of benzene rings is 1. The number of carbonyl (C=O) groups excluding carboxylic acids is 1. The number of hydrogen-bond donors (Lipinski definition) is 3. The van der Waals surface area contributed by atoms with Crippen molar-refractivity contribution in [3.8, 4) is 0 Å². The van der Waals surface area contributed by atoms with E-state index in [0.717, 1.165) is 10.9 Å². The minimum atomic E-state index is -0.871. The standard InChI is InChI=1S/C16H20N2O3/c1-10(2)7-13(16(20)21)9-18-15(19)12-4-3-11-5-6-17-14(11)8-12/h3-6,8,10,13,17H,7,9H2,1-2H3,(H,18,19)(H,20,21). The van der Waals surface area contributed by atoms with E-state index in [2.05, 4.69) is 10.3 Å². The number of aromatic nitrogens is 1. The van der Waals surface area contributed by atoms with E-state index < -0.39 is 11.9 Å². The van der Waals surface area contributed by atoms with E-state index in [-0.39, 0.29) is 18.4 Å². The lowest BCUT2D eigenvalue weighted by Gasteiger charge is -2.15. The lowest BCUT2D eigenvalue weighted by molar-refractivity contribution is -0.142. The molecule has 0 aliphatic carbocycles. The van der Waals surface area contributed by atoms with Crippen molar-refractivity contribution in [3.63, 3.8) is 0 Å². The first-order valence-corrected chi connectivity index (χ1v) is 7.05. The summed E-state index contributed by atoms with van der Waals surface area (Å²) in [5, 5.41) is 12.9. The number of nitrogens with one attached hydrogen (secondary N) is 2. The second-order valence-corrected chi connectivity index (χ2v) is 5.65. The van der Waals surface area contributed by atoms with E-state index in [9.17, 15) is 9.59 Å². The number of carboxylic acids is 1. The van der Waals surface area contributed by atoms with Gasteiger partial charge in [-0.25, -0.2) is 0 Å². The minimum Gasteiger partial charge on any atom is -0.481 e. The second-order valence-electron chi connectivity index (χ2n) is 5.65. The monoisotopic (exact) mass is 288 g/mol.